The lowest BCUT2D eigenvalue weighted by Crippen LogP contribution is -2.50. The molecule has 0 radical (unpaired) electrons. The first-order chi connectivity index (χ1) is 13.6. The molecule has 1 aromatic carbocycles. The molecule has 1 amide bonds. The zero-order valence-electron chi connectivity index (χ0n) is 17.0. The van der Waals surface area contributed by atoms with Gasteiger partial charge in [-0.1, -0.05) is 43.0 Å². The molecular formula is C23H30N4O. The van der Waals surface area contributed by atoms with Crippen LogP contribution in [0, 0.1) is 19.8 Å². The van der Waals surface area contributed by atoms with Crippen molar-refractivity contribution >= 4 is 11.7 Å². The van der Waals surface area contributed by atoms with E-state index >= 15 is 0 Å². The highest BCUT2D eigenvalue weighted by Crippen LogP contribution is 2.27. The number of rotatable bonds is 3. The molecule has 2 fully saturated rings. The number of aromatic nitrogens is 2. The summed E-state index contributed by atoms with van der Waals surface area (Å²) in [7, 11) is 0. The molecule has 5 nitrogen and oxygen atoms in total. The van der Waals surface area contributed by atoms with E-state index in [-0.39, 0.29) is 5.92 Å². The van der Waals surface area contributed by atoms with Crippen LogP contribution in [0.3, 0.4) is 0 Å². The molecule has 1 aliphatic heterocycles. The van der Waals surface area contributed by atoms with E-state index in [9.17, 15) is 4.79 Å². The number of piperazine rings is 1. The topological polar surface area (TPSA) is 49.3 Å². The van der Waals surface area contributed by atoms with Crippen LogP contribution in [0.2, 0.25) is 0 Å². The average molecular weight is 379 g/mol. The predicted octanol–water partition coefficient (Wildman–Crippen LogP) is 3.99. The van der Waals surface area contributed by atoms with E-state index in [4.69, 9.17) is 4.98 Å². The number of carbonyl (C=O) groups excluding carboxylic acids is 1. The molecule has 0 unspecified atom stereocenters. The Balaban J connectivity index is 1.45. The van der Waals surface area contributed by atoms with Crippen molar-refractivity contribution < 1.29 is 4.79 Å². The van der Waals surface area contributed by atoms with Crippen molar-refractivity contribution in [2.75, 3.05) is 31.1 Å². The fourth-order valence-electron chi connectivity index (χ4n) is 4.39. The first-order valence-electron chi connectivity index (χ1n) is 10.6. The lowest BCUT2D eigenvalue weighted by Gasteiger charge is -2.37. The Kier molecular flexibility index (Phi) is 5.60. The first-order valence-corrected chi connectivity index (χ1v) is 10.6. The highest BCUT2D eigenvalue weighted by atomic mass is 16.2. The van der Waals surface area contributed by atoms with Gasteiger partial charge in [-0.05, 0) is 32.8 Å². The second kappa shape index (κ2) is 8.29. The van der Waals surface area contributed by atoms with Crippen molar-refractivity contribution in [3.63, 3.8) is 0 Å². The van der Waals surface area contributed by atoms with Gasteiger partial charge in [0.1, 0.15) is 5.82 Å². The number of anilines is 1. The maximum atomic E-state index is 12.8. The lowest BCUT2D eigenvalue weighted by atomic mass is 9.88. The van der Waals surface area contributed by atoms with Gasteiger partial charge < -0.3 is 9.80 Å². The molecule has 28 heavy (non-hydrogen) atoms. The van der Waals surface area contributed by atoms with Gasteiger partial charge in [0.25, 0.3) is 0 Å². The monoisotopic (exact) mass is 378 g/mol. The van der Waals surface area contributed by atoms with Crippen LogP contribution in [0.15, 0.2) is 30.3 Å². The molecule has 0 atom stereocenters. The number of nitrogens with zero attached hydrogens (tertiary/aromatic N) is 4. The maximum Gasteiger partial charge on any atom is 0.225 e. The van der Waals surface area contributed by atoms with Gasteiger partial charge in [-0.25, -0.2) is 9.97 Å². The molecular weight excluding hydrogens is 348 g/mol. The Morgan fingerprint density at radius 2 is 1.71 bits per heavy atom. The van der Waals surface area contributed by atoms with Crippen molar-refractivity contribution in [1.82, 2.24) is 14.9 Å². The van der Waals surface area contributed by atoms with Crippen molar-refractivity contribution in [3.8, 4) is 11.4 Å². The van der Waals surface area contributed by atoms with Crippen LogP contribution in [0.5, 0.6) is 0 Å². The minimum absolute atomic E-state index is 0.259. The minimum atomic E-state index is 0.259. The Hall–Kier alpha value is -2.43. The summed E-state index contributed by atoms with van der Waals surface area (Å²) >= 11 is 0. The van der Waals surface area contributed by atoms with Gasteiger partial charge in [0, 0.05) is 49.4 Å². The van der Waals surface area contributed by atoms with Crippen molar-refractivity contribution in [3.05, 3.63) is 41.6 Å². The minimum Gasteiger partial charge on any atom is -0.353 e. The van der Waals surface area contributed by atoms with Crippen molar-refractivity contribution in [1.29, 1.82) is 0 Å². The summed E-state index contributed by atoms with van der Waals surface area (Å²) < 4.78 is 0. The summed E-state index contributed by atoms with van der Waals surface area (Å²) in [5, 5.41) is 0. The Labute approximate surface area is 167 Å². The van der Waals surface area contributed by atoms with Gasteiger partial charge >= 0.3 is 0 Å². The fraction of sp³-hybridized carbons (Fsp3) is 0.522. The predicted molar refractivity (Wildman–Crippen MR) is 112 cm³/mol. The van der Waals surface area contributed by atoms with Crippen molar-refractivity contribution in [2.45, 2.75) is 46.0 Å². The number of carbonyl (C=O) groups is 1. The lowest BCUT2D eigenvalue weighted by molar-refractivity contribution is -0.136. The molecule has 0 bridgehead atoms. The molecule has 1 aliphatic carbocycles. The van der Waals surface area contributed by atoms with Crippen LogP contribution in [0.1, 0.15) is 43.4 Å². The van der Waals surface area contributed by atoms with Crippen LogP contribution in [-0.2, 0) is 4.79 Å². The highest BCUT2D eigenvalue weighted by Gasteiger charge is 2.28. The SMILES string of the molecule is Cc1cccc(-c2nc(C)cc(N3CCN(C(=O)C4CCCCC4)CC3)n2)c1. The number of amides is 1. The molecule has 148 valence electrons. The largest absolute Gasteiger partial charge is 0.353 e. The fourth-order valence-corrected chi connectivity index (χ4v) is 4.39. The maximum absolute atomic E-state index is 12.8. The van der Waals surface area contributed by atoms with E-state index in [1.54, 1.807) is 0 Å². The Morgan fingerprint density at radius 3 is 2.43 bits per heavy atom. The van der Waals surface area contributed by atoms with E-state index in [0.29, 0.717) is 5.91 Å². The number of aryl methyl sites for hydroxylation is 2. The summed E-state index contributed by atoms with van der Waals surface area (Å²) in [6.45, 7) is 7.36. The Bertz CT molecular complexity index is 836. The summed E-state index contributed by atoms with van der Waals surface area (Å²) in [4.78, 5) is 26.6. The molecule has 2 heterocycles. The zero-order valence-corrected chi connectivity index (χ0v) is 17.0. The Morgan fingerprint density at radius 1 is 0.964 bits per heavy atom. The van der Waals surface area contributed by atoms with E-state index < -0.39 is 0 Å². The average Bonchev–Trinajstić information content (AvgIpc) is 2.73. The number of hydrogen-bond acceptors (Lipinski definition) is 4. The van der Waals surface area contributed by atoms with Gasteiger partial charge in [-0.2, -0.15) is 0 Å². The molecule has 1 aromatic heterocycles. The first kappa shape index (κ1) is 18.9. The quantitative estimate of drug-likeness (QED) is 0.810. The third-order valence-corrected chi connectivity index (χ3v) is 5.99. The molecule has 4 rings (SSSR count). The van der Waals surface area contributed by atoms with Gasteiger partial charge in [0.15, 0.2) is 5.82 Å². The molecule has 1 saturated carbocycles. The smallest absolute Gasteiger partial charge is 0.225 e. The summed E-state index contributed by atoms with van der Waals surface area (Å²) in [6.07, 6.45) is 5.85. The molecule has 5 heteroatoms. The highest BCUT2D eigenvalue weighted by molar-refractivity contribution is 5.79. The van der Waals surface area contributed by atoms with Gasteiger partial charge in [-0.15, -0.1) is 0 Å². The standard InChI is InChI=1S/C23H30N4O/c1-17-7-6-10-20(15-17)22-24-18(2)16-21(25-22)26-11-13-27(14-12-26)23(28)19-8-4-3-5-9-19/h6-7,10,15-16,19H,3-5,8-9,11-14H2,1-2H3. The van der Waals surface area contributed by atoms with Crippen LogP contribution < -0.4 is 4.90 Å². The van der Waals surface area contributed by atoms with Gasteiger partial charge in [0.05, 0.1) is 0 Å². The van der Waals surface area contributed by atoms with E-state index in [2.05, 4.69) is 46.0 Å². The number of hydrogen-bond donors (Lipinski definition) is 0. The normalized spacial score (nSPS) is 18.4. The molecule has 1 saturated heterocycles. The van der Waals surface area contributed by atoms with Crippen molar-refractivity contribution in [2.24, 2.45) is 5.92 Å². The van der Waals surface area contributed by atoms with Crippen LogP contribution >= 0.6 is 0 Å². The second-order valence-electron chi connectivity index (χ2n) is 8.21. The molecule has 2 aromatic rings. The van der Waals surface area contributed by atoms with E-state index in [1.807, 2.05) is 13.0 Å². The van der Waals surface area contributed by atoms with Gasteiger partial charge in [0.2, 0.25) is 5.91 Å². The number of benzene rings is 1. The van der Waals surface area contributed by atoms with Crippen LogP contribution in [0.25, 0.3) is 11.4 Å². The van der Waals surface area contributed by atoms with Crippen LogP contribution in [-0.4, -0.2) is 47.0 Å². The molecule has 0 spiro atoms. The summed E-state index contributed by atoms with van der Waals surface area (Å²) in [5.41, 5.74) is 3.23. The van der Waals surface area contributed by atoms with Crippen LogP contribution in [0.4, 0.5) is 5.82 Å². The second-order valence-corrected chi connectivity index (χ2v) is 8.21. The molecule has 0 N–H and O–H groups in total. The van der Waals surface area contributed by atoms with E-state index in [0.717, 1.165) is 61.9 Å². The third kappa shape index (κ3) is 4.18. The third-order valence-electron chi connectivity index (χ3n) is 5.99. The van der Waals surface area contributed by atoms with Gasteiger partial charge in [-0.3, -0.25) is 4.79 Å². The van der Waals surface area contributed by atoms with E-state index in [1.165, 1.54) is 24.8 Å². The zero-order chi connectivity index (χ0) is 19.5. The summed E-state index contributed by atoms with van der Waals surface area (Å²) in [6, 6.07) is 10.4. The molecule has 2 aliphatic rings. The summed E-state index contributed by atoms with van der Waals surface area (Å²) in [5.74, 6) is 2.38.